The number of para-hydroxylation sites is 2. The number of carbonyl (C=O) groups excluding carboxylic acids is 1. The van der Waals surface area contributed by atoms with Crippen LogP contribution < -0.4 is 5.32 Å². The second kappa shape index (κ2) is 11.8. The van der Waals surface area contributed by atoms with E-state index in [1.807, 2.05) is 19.9 Å². The first-order chi connectivity index (χ1) is 13.1. The molecule has 2 aromatic rings. The van der Waals surface area contributed by atoms with Crippen LogP contribution in [-0.2, 0) is 17.9 Å². The lowest BCUT2D eigenvalue weighted by atomic mass is 10.1. The quantitative estimate of drug-likeness (QED) is 0.450. The van der Waals surface area contributed by atoms with Gasteiger partial charge in [-0.1, -0.05) is 84.3 Å². The van der Waals surface area contributed by atoms with Crippen molar-refractivity contribution < 1.29 is 4.79 Å². The molecule has 27 heavy (non-hydrogen) atoms. The normalized spacial score (nSPS) is 11.4. The van der Waals surface area contributed by atoms with Crippen LogP contribution in [0.5, 0.6) is 0 Å². The van der Waals surface area contributed by atoms with Crippen molar-refractivity contribution in [3.05, 3.63) is 30.1 Å². The molecule has 0 spiro atoms. The van der Waals surface area contributed by atoms with Gasteiger partial charge in [0.2, 0.25) is 5.91 Å². The standard InChI is InChI=1S/C23H37N3O/c1-4-5-6-7-8-9-10-11-14-17-26-21-16-13-12-15-20(21)25-22(26)18-24-23(27)19(2)3/h12-13,15-16,19H,4-11,14,17-18H2,1-3H3,(H,24,27). The molecule has 1 amide bonds. The van der Waals surface area contributed by atoms with Gasteiger partial charge in [0.1, 0.15) is 5.82 Å². The Morgan fingerprint density at radius 1 is 1.00 bits per heavy atom. The number of benzene rings is 1. The smallest absolute Gasteiger partial charge is 0.222 e. The summed E-state index contributed by atoms with van der Waals surface area (Å²) >= 11 is 0. The van der Waals surface area contributed by atoms with Gasteiger partial charge in [0.25, 0.3) is 0 Å². The predicted octanol–water partition coefficient (Wildman–Crippen LogP) is 5.84. The number of imidazole rings is 1. The Bertz CT molecular complexity index is 690. The molecule has 1 aromatic carbocycles. The van der Waals surface area contributed by atoms with Gasteiger partial charge in [0.05, 0.1) is 17.6 Å². The summed E-state index contributed by atoms with van der Waals surface area (Å²) in [4.78, 5) is 16.7. The zero-order valence-electron chi connectivity index (χ0n) is 17.5. The SMILES string of the molecule is CCCCCCCCCCCn1c(CNC(=O)C(C)C)nc2ccccc21. The van der Waals surface area contributed by atoms with Crippen LogP contribution in [0.1, 0.15) is 84.4 Å². The van der Waals surface area contributed by atoms with E-state index in [9.17, 15) is 4.79 Å². The van der Waals surface area contributed by atoms with E-state index in [-0.39, 0.29) is 11.8 Å². The van der Waals surface area contributed by atoms with Crippen LogP contribution in [0, 0.1) is 5.92 Å². The molecule has 0 unspecified atom stereocenters. The highest BCUT2D eigenvalue weighted by molar-refractivity contribution is 5.78. The number of amides is 1. The van der Waals surface area contributed by atoms with Gasteiger partial charge in [-0.25, -0.2) is 4.98 Å². The summed E-state index contributed by atoms with van der Waals surface area (Å²) in [6.07, 6.45) is 12.0. The zero-order valence-corrected chi connectivity index (χ0v) is 17.5. The van der Waals surface area contributed by atoms with Crippen LogP contribution in [0.3, 0.4) is 0 Å². The molecule has 0 aliphatic heterocycles. The Kier molecular flexibility index (Phi) is 9.37. The largest absolute Gasteiger partial charge is 0.349 e. The highest BCUT2D eigenvalue weighted by atomic mass is 16.1. The van der Waals surface area contributed by atoms with Gasteiger partial charge in [0, 0.05) is 12.5 Å². The van der Waals surface area contributed by atoms with Crippen LogP contribution in [-0.4, -0.2) is 15.5 Å². The van der Waals surface area contributed by atoms with Crippen molar-refractivity contribution in [3.8, 4) is 0 Å². The minimum absolute atomic E-state index is 0.000143. The topological polar surface area (TPSA) is 46.9 Å². The third kappa shape index (κ3) is 7.00. The highest BCUT2D eigenvalue weighted by Gasteiger charge is 2.12. The molecule has 1 heterocycles. The predicted molar refractivity (Wildman–Crippen MR) is 114 cm³/mol. The number of hydrogen-bond acceptors (Lipinski definition) is 2. The molecule has 0 bridgehead atoms. The van der Waals surface area contributed by atoms with Gasteiger partial charge in [-0.3, -0.25) is 4.79 Å². The molecule has 4 nitrogen and oxygen atoms in total. The molecule has 0 aliphatic carbocycles. The summed E-state index contributed by atoms with van der Waals surface area (Å²) in [5, 5.41) is 3.01. The molecule has 1 aromatic heterocycles. The third-order valence-electron chi connectivity index (χ3n) is 5.16. The number of fused-ring (bicyclic) bond motifs is 1. The summed E-state index contributed by atoms with van der Waals surface area (Å²) in [7, 11) is 0. The third-order valence-corrected chi connectivity index (χ3v) is 5.16. The van der Waals surface area contributed by atoms with E-state index in [1.54, 1.807) is 0 Å². The fraction of sp³-hybridized carbons (Fsp3) is 0.652. The first-order valence-corrected chi connectivity index (χ1v) is 10.8. The van der Waals surface area contributed by atoms with E-state index >= 15 is 0 Å². The summed E-state index contributed by atoms with van der Waals surface area (Å²) < 4.78 is 2.29. The number of carbonyl (C=O) groups is 1. The summed E-state index contributed by atoms with van der Waals surface area (Å²) in [5.74, 6) is 1.04. The van der Waals surface area contributed by atoms with E-state index in [1.165, 1.54) is 63.3 Å². The fourth-order valence-electron chi connectivity index (χ4n) is 3.46. The van der Waals surface area contributed by atoms with Crippen molar-refractivity contribution in [1.82, 2.24) is 14.9 Å². The van der Waals surface area contributed by atoms with E-state index in [4.69, 9.17) is 4.98 Å². The number of hydrogen-bond donors (Lipinski definition) is 1. The minimum Gasteiger partial charge on any atom is -0.349 e. The van der Waals surface area contributed by atoms with Crippen molar-refractivity contribution in [2.75, 3.05) is 0 Å². The summed E-state index contributed by atoms with van der Waals surface area (Å²) in [6.45, 7) is 7.58. The average molecular weight is 372 g/mol. The number of rotatable bonds is 13. The molecule has 0 fully saturated rings. The van der Waals surface area contributed by atoms with E-state index in [0.29, 0.717) is 6.54 Å². The molecule has 0 radical (unpaired) electrons. The first kappa shape index (κ1) is 21.5. The second-order valence-electron chi connectivity index (χ2n) is 7.87. The number of nitrogens with zero attached hydrogens (tertiary/aromatic N) is 2. The number of unbranched alkanes of at least 4 members (excludes halogenated alkanes) is 8. The van der Waals surface area contributed by atoms with Crippen LogP contribution in [0.25, 0.3) is 11.0 Å². The molecule has 0 aliphatic rings. The molecule has 1 N–H and O–H groups in total. The Balaban J connectivity index is 1.84. The monoisotopic (exact) mass is 371 g/mol. The molecule has 150 valence electrons. The molecule has 2 rings (SSSR count). The van der Waals surface area contributed by atoms with Crippen molar-refractivity contribution in [2.45, 2.75) is 91.6 Å². The van der Waals surface area contributed by atoms with Crippen LogP contribution >= 0.6 is 0 Å². The van der Waals surface area contributed by atoms with Gasteiger partial charge in [-0.2, -0.15) is 0 Å². The van der Waals surface area contributed by atoms with Crippen LogP contribution in [0.2, 0.25) is 0 Å². The Morgan fingerprint density at radius 3 is 2.30 bits per heavy atom. The number of nitrogens with one attached hydrogen (secondary N) is 1. The summed E-state index contributed by atoms with van der Waals surface area (Å²) in [5.41, 5.74) is 2.19. The van der Waals surface area contributed by atoms with Gasteiger partial charge in [-0.05, 0) is 18.6 Å². The van der Waals surface area contributed by atoms with Gasteiger partial charge < -0.3 is 9.88 Å². The lowest BCUT2D eigenvalue weighted by Gasteiger charge is -2.11. The van der Waals surface area contributed by atoms with E-state index in [2.05, 4.69) is 35.0 Å². The lowest BCUT2D eigenvalue weighted by Crippen LogP contribution is -2.28. The average Bonchev–Trinajstić information content (AvgIpc) is 3.02. The maximum atomic E-state index is 11.9. The molecular formula is C23H37N3O. The lowest BCUT2D eigenvalue weighted by molar-refractivity contribution is -0.124. The van der Waals surface area contributed by atoms with Gasteiger partial charge >= 0.3 is 0 Å². The van der Waals surface area contributed by atoms with E-state index < -0.39 is 0 Å². The van der Waals surface area contributed by atoms with Gasteiger partial charge in [-0.15, -0.1) is 0 Å². The molecular weight excluding hydrogens is 334 g/mol. The zero-order chi connectivity index (χ0) is 19.5. The van der Waals surface area contributed by atoms with Crippen LogP contribution in [0.4, 0.5) is 0 Å². The van der Waals surface area contributed by atoms with Crippen molar-refractivity contribution in [3.63, 3.8) is 0 Å². The fourth-order valence-corrected chi connectivity index (χ4v) is 3.46. The van der Waals surface area contributed by atoms with Gasteiger partial charge in [0.15, 0.2) is 0 Å². The molecule has 0 saturated heterocycles. The van der Waals surface area contributed by atoms with Crippen LogP contribution in [0.15, 0.2) is 24.3 Å². The van der Waals surface area contributed by atoms with Crippen molar-refractivity contribution >= 4 is 16.9 Å². The number of aromatic nitrogens is 2. The van der Waals surface area contributed by atoms with E-state index in [0.717, 1.165) is 17.9 Å². The molecule has 0 saturated carbocycles. The van der Waals surface area contributed by atoms with Crippen molar-refractivity contribution in [2.24, 2.45) is 5.92 Å². The summed E-state index contributed by atoms with van der Waals surface area (Å²) in [6, 6.07) is 8.27. The molecule has 0 atom stereocenters. The second-order valence-corrected chi connectivity index (χ2v) is 7.87. The molecule has 4 heteroatoms. The maximum Gasteiger partial charge on any atom is 0.222 e. The Hall–Kier alpha value is -1.84. The first-order valence-electron chi connectivity index (χ1n) is 10.8. The number of aryl methyl sites for hydroxylation is 1. The highest BCUT2D eigenvalue weighted by Crippen LogP contribution is 2.18. The Labute approximate surface area is 164 Å². The minimum atomic E-state index is 0.000143. The van der Waals surface area contributed by atoms with Crippen molar-refractivity contribution in [1.29, 1.82) is 0 Å². The Morgan fingerprint density at radius 2 is 1.63 bits per heavy atom. The maximum absolute atomic E-state index is 11.9.